The topological polar surface area (TPSA) is 68.1 Å². The number of nitrogens with zero attached hydrogens (tertiary/aromatic N) is 2. The Bertz CT molecular complexity index is 622. The van der Waals surface area contributed by atoms with Gasteiger partial charge in [-0.3, -0.25) is 15.1 Å². The molecule has 0 saturated carbocycles. The van der Waals surface area contributed by atoms with Crippen LogP contribution in [0.5, 0.6) is 0 Å². The Hall–Kier alpha value is -2.02. The number of pyridine rings is 1. The second-order valence-corrected chi connectivity index (χ2v) is 4.65. The summed E-state index contributed by atoms with van der Waals surface area (Å²) in [5, 5.41) is 13.6. The highest BCUT2D eigenvalue weighted by Crippen LogP contribution is 2.23. The molecule has 0 spiro atoms. The summed E-state index contributed by atoms with van der Waals surface area (Å²) >= 11 is 3.25. The molecule has 0 aliphatic rings. The van der Waals surface area contributed by atoms with Crippen molar-refractivity contribution < 1.29 is 9.31 Å². The van der Waals surface area contributed by atoms with E-state index in [2.05, 4.69) is 26.2 Å². The zero-order chi connectivity index (χ0) is 13.8. The molecule has 0 saturated heterocycles. The van der Waals surface area contributed by atoms with Gasteiger partial charge < -0.3 is 5.32 Å². The van der Waals surface area contributed by atoms with Gasteiger partial charge in [0.2, 0.25) is 0 Å². The number of hydrogen-bond donors (Lipinski definition) is 1. The highest BCUT2D eigenvalue weighted by Gasteiger charge is 2.13. The largest absolute Gasteiger partial charge is 0.375 e. The lowest BCUT2D eigenvalue weighted by Crippen LogP contribution is -2.04. The van der Waals surface area contributed by atoms with Crippen molar-refractivity contribution in [2.24, 2.45) is 0 Å². The lowest BCUT2D eigenvalue weighted by atomic mass is 10.2. The minimum atomic E-state index is -0.535. The van der Waals surface area contributed by atoms with Crippen LogP contribution < -0.4 is 5.32 Å². The fourth-order valence-corrected chi connectivity index (χ4v) is 1.96. The van der Waals surface area contributed by atoms with E-state index in [0.717, 1.165) is 10.7 Å². The quantitative estimate of drug-likeness (QED) is 0.690. The third kappa shape index (κ3) is 3.25. The first kappa shape index (κ1) is 13.4. The van der Waals surface area contributed by atoms with E-state index in [4.69, 9.17) is 0 Å². The Morgan fingerprint density at radius 2 is 2.21 bits per heavy atom. The predicted octanol–water partition coefficient (Wildman–Crippen LogP) is 3.50. The van der Waals surface area contributed by atoms with Crippen LogP contribution in [0.1, 0.15) is 5.56 Å². The summed E-state index contributed by atoms with van der Waals surface area (Å²) in [6, 6.07) is 6.03. The molecule has 1 heterocycles. The van der Waals surface area contributed by atoms with Crippen LogP contribution in [0.3, 0.4) is 0 Å². The van der Waals surface area contributed by atoms with E-state index < -0.39 is 4.92 Å². The first-order valence-corrected chi connectivity index (χ1v) is 6.13. The second kappa shape index (κ2) is 5.75. The molecule has 1 N–H and O–H groups in total. The highest BCUT2D eigenvalue weighted by molar-refractivity contribution is 9.10. The average Bonchev–Trinajstić information content (AvgIpc) is 2.40. The minimum absolute atomic E-state index is 0.141. The Balaban J connectivity index is 2.19. The molecule has 7 heteroatoms. The fourth-order valence-electron chi connectivity index (χ4n) is 1.55. The molecule has 0 bridgehead atoms. The molecule has 19 heavy (non-hydrogen) atoms. The van der Waals surface area contributed by atoms with Crippen LogP contribution >= 0.6 is 15.9 Å². The first-order valence-electron chi connectivity index (χ1n) is 5.34. The van der Waals surface area contributed by atoms with Gasteiger partial charge in [0.1, 0.15) is 17.7 Å². The van der Waals surface area contributed by atoms with Gasteiger partial charge in [0.25, 0.3) is 0 Å². The van der Waals surface area contributed by atoms with Gasteiger partial charge in [-0.1, -0.05) is 15.9 Å². The summed E-state index contributed by atoms with van der Waals surface area (Å²) in [6.45, 7) is 0.149. The van der Waals surface area contributed by atoms with Crippen LogP contribution in [0, 0.1) is 15.9 Å². The Morgan fingerprint density at radius 1 is 1.42 bits per heavy atom. The van der Waals surface area contributed by atoms with E-state index in [0.29, 0.717) is 11.3 Å². The first-order chi connectivity index (χ1) is 9.08. The monoisotopic (exact) mass is 325 g/mol. The Kier molecular flexibility index (Phi) is 4.06. The summed E-state index contributed by atoms with van der Waals surface area (Å²) < 4.78 is 14.3. The predicted molar refractivity (Wildman–Crippen MR) is 72.3 cm³/mol. The van der Waals surface area contributed by atoms with Crippen molar-refractivity contribution >= 4 is 27.3 Å². The van der Waals surface area contributed by atoms with Gasteiger partial charge in [-0.15, -0.1) is 0 Å². The SMILES string of the molecule is O=[N+]([O-])c1cnccc1NCc1cc(Br)ccc1F. The molecule has 0 amide bonds. The number of halogens is 2. The van der Waals surface area contributed by atoms with Crippen LogP contribution in [-0.2, 0) is 6.54 Å². The number of benzene rings is 1. The summed E-state index contributed by atoms with van der Waals surface area (Å²) in [6.07, 6.45) is 2.59. The molecule has 2 aromatic rings. The molecule has 0 radical (unpaired) electrons. The van der Waals surface area contributed by atoms with Gasteiger partial charge in [-0.05, 0) is 24.3 Å². The van der Waals surface area contributed by atoms with Crippen LogP contribution in [0.25, 0.3) is 0 Å². The number of rotatable bonds is 4. The van der Waals surface area contributed by atoms with E-state index in [1.807, 2.05) is 0 Å². The molecule has 0 aliphatic heterocycles. The van der Waals surface area contributed by atoms with Crippen LogP contribution in [-0.4, -0.2) is 9.91 Å². The van der Waals surface area contributed by atoms with Crippen molar-refractivity contribution in [1.82, 2.24) is 4.98 Å². The van der Waals surface area contributed by atoms with Gasteiger partial charge in [0.05, 0.1) is 4.92 Å². The van der Waals surface area contributed by atoms with Crippen molar-refractivity contribution in [1.29, 1.82) is 0 Å². The van der Waals surface area contributed by atoms with Crippen molar-refractivity contribution in [2.45, 2.75) is 6.54 Å². The van der Waals surface area contributed by atoms with E-state index in [9.17, 15) is 14.5 Å². The zero-order valence-corrected chi connectivity index (χ0v) is 11.2. The van der Waals surface area contributed by atoms with E-state index in [1.54, 1.807) is 12.1 Å². The van der Waals surface area contributed by atoms with Crippen LogP contribution in [0.2, 0.25) is 0 Å². The fraction of sp³-hybridized carbons (Fsp3) is 0.0833. The van der Waals surface area contributed by atoms with Gasteiger partial charge >= 0.3 is 5.69 Å². The van der Waals surface area contributed by atoms with E-state index >= 15 is 0 Å². The number of anilines is 1. The molecule has 0 fully saturated rings. The molecule has 5 nitrogen and oxygen atoms in total. The van der Waals surface area contributed by atoms with Crippen molar-refractivity contribution in [3.63, 3.8) is 0 Å². The lowest BCUT2D eigenvalue weighted by molar-refractivity contribution is -0.384. The Morgan fingerprint density at radius 3 is 2.95 bits per heavy atom. The summed E-state index contributed by atoms with van der Waals surface area (Å²) in [4.78, 5) is 14.0. The average molecular weight is 326 g/mol. The normalized spacial score (nSPS) is 10.2. The number of nitro groups is 1. The van der Waals surface area contributed by atoms with E-state index in [1.165, 1.54) is 18.3 Å². The second-order valence-electron chi connectivity index (χ2n) is 3.74. The summed E-state index contributed by atoms with van der Waals surface area (Å²) in [5.41, 5.74) is 0.581. The molecule has 0 atom stereocenters. The smallest absolute Gasteiger partial charge is 0.310 e. The lowest BCUT2D eigenvalue weighted by Gasteiger charge is -2.08. The molecular formula is C12H9BrFN3O2. The summed E-state index contributed by atoms with van der Waals surface area (Å²) in [7, 11) is 0. The summed E-state index contributed by atoms with van der Waals surface area (Å²) in [5.74, 6) is -0.368. The van der Waals surface area contributed by atoms with Gasteiger partial charge in [-0.2, -0.15) is 0 Å². The maximum atomic E-state index is 13.5. The highest BCUT2D eigenvalue weighted by atomic mass is 79.9. The number of nitrogens with one attached hydrogen (secondary N) is 1. The van der Waals surface area contributed by atoms with Gasteiger partial charge in [-0.25, -0.2) is 4.39 Å². The molecule has 98 valence electrons. The molecular weight excluding hydrogens is 317 g/mol. The van der Waals surface area contributed by atoms with E-state index in [-0.39, 0.29) is 18.0 Å². The molecule has 2 rings (SSSR count). The standard InChI is InChI=1S/C12H9BrFN3O2/c13-9-1-2-10(14)8(5-9)6-16-11-3-4-15-7-12(11)17(18)19/h1-5,7H,6H2,(H,15,16). The molecule has 0 unspecified atom stereocenters. The maximum absolute atomic E-state index is 13.5. The molecule has 1 aromatic heterocycles. The van der Waals surface area contributed by atoms with Crippen molar-refractivity contribution in [3.8, 4) is 0 Å². The Labute approximate surface area is 116 Å². The number of hydrogen-bond acceptors (Lipinski definition) is 4. The third-order valence-corrected chi connectivity index (χ3v) is 2.97. The van der Waals surface area contributed by atoms with Crippen molar-refractivity contribution in [3.05, 3.63) is 62.6 Å². The van der Waals surface area contributed by atoms with Crippen LogP contribution in [0.15, 0.2) is 41.1 Å². The molecule has 0 aliphatic carbocycles. The zero-order valence-electron chi connectivity index (χ0n) is 9.64. The van der Waals surface area contributed by atoms with Gasteiger partial charge in [0, 0.05) is 22.8 Å². The number of aromatic nitrogens is 1. The maximum Gasteiger partial charge on any atom is 0.310 e. The third-order valence-electron chi connectivity index (χ3n) is 2.47. The molecule has 1 aromatic carbocycles. The van der Waals surface area contributed by atoms with Gasteiger partial charge in [0.15, 0.2) is 0 Å². The van der Waals surface area contributed by atoms with Crippen molar-refractivity contribution in [2.75, 3.05) is 5.32 Å². The minimum Gasteiger partial charge on any atom is -0.375 e. The van der Waals surface area contributed by atoms with Crippen LogP contribution in [0.4, 0.5) is 15.8 Å².